The van der Waals surface area contributed by atoms with Crippen LogP contribution in [0.1, 0.15) is 81.8 Å². The van der Waals surface area contributed by atoms with Gasteiger partial charge in [-0.1, -0.05) is 94.1 Å². The van der Waals surface area contributed by atoms with E-state index >= 15 is 0 Å². The topological polar surface area (TPSA) is 142 Å². The number of aromatic nitrogens is 3. The molecule has 4 unspecified atom stereocenters. The van der Waals surface area contributed by atoms with Gasteiger partial charge in [0, 0.05) is 21.7 Å². The number of benzene rings is 2. The van der Waals surface area contributed by atoms with E-state index in [2.05, 4.69) is 25.8 Å². The van der Waals surface area contributed by atoms with Gasteiger partial charge in [-0.2, -0.15) is 0 Å². The van der Waals surface area contributed by atoms with Gasteiger partial charge in [-0.3, -0.25) is 19.7 Å². The number of nitrogens with one attached hydrogen (secondary N) is 3. The highest BCUT2D eigenvalue weighted by Crippen LogP contribution is 2.45. The summed E-state index contributed by atoms with van der Waals surface area (Å²) >= 11 is 13.1. The Morgan fingerprint density at radius 1 is 1.15 bits per heavy atom. The lowest BCUT2D eigenvalue weighted by Crippen LogP contribution is -2.56. The molecule has 0 saturated heterocycles. The molecule has 6 atom stereocenters. The molecule has 11 nitrogen and oxygen atoms in total. The smallest absolute Gasteiger partial charge is 0.320 e. The van der Waals surface area contributed by atoms with Gasteiger partial charge in [0.15, 0.2) is 0 Å². The van der Waals surface area contributed by atoms with E-state index in [1.54, 1.807) is 11.0 Å². The lowest BCUT2D eigenvalue weighted by molar-refractivity contribution is -0.144. The highest BCUT2D eigenvalue weighted by Gasteiger charge is 2.43. The molecule has 0 aliphatic heterocycles. The fourth-order valence-electron chi connectivity index (χ4n) is 6.54. The van der Waals surface area contributed by atoms with Crippen LogP contribution in [-0.2, 0) is 32.1 Å². The van der Waals surface area contributed by atoms with Gasteiger partial charge in [0.1, 0.15) is 12.6 Å². The van der Waals surface area contributed by atoms with E-state index in [9.17, 15) is 14.4 Å². The lowest BCUT2D eigenvalue weighted by Gasteiger charge is -2.43. The number of halogens is 2. The average Bonchev–Trinajstić information content (AvgIpc) is 3.75. The van der Waals surface area contributed by atoms with Crippen LogP contribution in [0.2, 0.25) is 10.0 Å². The third kappa shape index (κ3) is 7.69. The molecule has 2 amide bonds. The number of fused-ring (bicyclic) bond motifs is 3. The number of H-pyrrole nitrogens is 1. The summed E-state index contributed by atoms with van der Waals surface area (Å²) in [6.45, 7) is 8.00. The second kappa shape index (κ2) is 16.0. The van der Waals surface area contributed by atoms with Crippen LogP contribution in [0.25, 0.3) is 10.9 Å². The first kappa shape index (κ1) is 35.4. The van der Waals surface area contributed by atoms with Crippen molar-refractivity contribution in [3.05, 3.63) is 81.6 Å². The summed E-state index contributed by atoms with van der Waals surface area (Å²) in [4.78, 5) is 45.2. The molecule has 0 saturated carbocycles. The van der Waals surface area contributed by atoms with Crippen molar-refractivity contribution >= 4 is 52.4 Å². The molecule has 48 heavy (non-hydrogen) atoms. The first-order valence-corrected chi connectivity index (χ1v) is 17.1. The predicted molar refractivity (Wildman–Crippen MR) is 183 cm³/mol. The van der Waals surface area contributed by atoms with Gasteiger partial charge in [-0.25, -0.2) is 0 Å². The summed E-state index contributed by atoms with van der Waals surface area (Å²) in [6, 6.07) is 10.5. The summed E-state index contributed by atoms with van der Waals surface area (Å²) in [5, 5.41) is 16.2. The molecule has 5 rings (SSSR count). The zero-order valence-corrected chi connectivity index (χ0v) is 29.1. The van der Waals surface area contributed by atoms with Gasteiger partial charge in [0.05, 0.1) is 35.2 Å². The van der Waals surface area contributed by atoms with Crippen LogP contribution in [0.3, 0.4) is 0 Å². The molecule has 2 heterocycles. The molecular formula is C35H42Cl2N6O5. The molecule has 0 spiro atoms. The molecule has 13 heteroatoms. The number of hydrogen-bond donors (Lipinski definition) is 3. The monoisotopic (exact) mass is 696 g/mol. The number of hydrogen-bond acceptors (Lipinski definition) is 8. The fourth-order valence-corrected chi connectivity index (χ4v) is 7.08. The third-order valence-electron chi connectivity index (χ3n) is 9.44. The van der Waals surface area contributed by atoms with E-state index in [-0.39, 0.29) is 30.9 Å². The third-order valence-corrected chi connectivity index (χ3v) is 9.95. The minimum absolute atomic E-state index is 0.0637. The first-order valence-electron chi connectivity index (χ1n) is 16.4. The van der Waals surface area contributed by atoms with E-state index in [0.717, 1.165) is 35.0 Å². The molecule has 2 aromatic carbocycles. The van der Waals surface area contributed by atoms with Crippen molar-refractivity contribution in [3.63, 3.8) is 0 Å². The normalized spacial score (nSPS) is 18.4. The first-order chi connectivity index (χ1) is 23.2. The molecule has 0 fully saturated rings. The summed E-state index contributed by atoms with van der Waals surface area (Å²) in [5.74, 6) is -0.610. The molecule has 4 aromatic rings. The van der Waals surface area contributed by atoms with Crippen molar-refractivity contribution in [2.45, 2.75) is 84.2 Å². The van der Waals surface area contributed by atoms with E-state index in [1.807, 2.05) is 64.1 Å². The molecule has 1 aliphatic rings. The van der Waals surface area contributed by atoms with Crippen LogP contribution < -0.4 is 10.6 Å². The molecule has 3 N–H and O–H groups in total. The number of aryl methyl sites for hydroxylation is 1. The largest absolute Gasteiger partial charge is 0.460 e. The maximum Gasteiger partial charge on any atom is 0.320 e. The van der Waals surface area contributed by atoms with Crippen molar-refractivity contribution in [2.24, 2.45) is 11.8 Å². The number of carbonyl (C=O) groups is 3. The lowest BCUT2D eigenvalue weighted by atomic mass is 9.83. The van der Waals surface area contributed by atoms with Crippen molar-refractivity contribution < 1.29 is 23.5 Å². The highest BCUT2D eigenvalue weighted by molar-refractivity contribution is 6.38. The number of carbonyl (C=O) groups excluding carboxylic acids is 3. The quantitative estimate of drug-likeness (QED) is 0.0968. The van der Waals surface area contributed by atoms with E-state index < -0.39 is 30.1 Å². The van der Waals surface area contributed by atoms with Crippen molar-refractivity contribution in [2.75, 3.05) is 6.54 Å². The van der Waals surface area contributed by atoms with Crippen LogP contribution in [0.5, 0.6) is 0 Å². The molecule has 256 valence electrons. The molecule has 2 aromatic heterocycles. The van der Waals surface area contributed by atoms with Crippen LogP contribution in [0.15, 0.2) is 53.3 Å². The van der Waals surface area contributed by atoms with Gasteiger partial charge in [0.25, 0.3) is 0 Å². The van der Waals surface area contributed by atoms with Gasteiger partial charge >= 0.3 is 5.97 Å². The van der Waals surface area contributed by atoms with Crippen molar-refractivity contribution in [1.29, 1.82) is 0 Å². The van der Waals surface area contributed by atoms with E-state index in [0.29, 0.717) is 40.7 Å². The Bertz CT molecular complexity index is 1700. The van der Waals surface area contributed by atoms with Crippen molar-refractivity contribution in [1.82, 2.24) is 30.7 Å². The average molecular weight is 698 g/mol. The van der Waals surface area contributed by atoms with Crippen LogP contribution in [0, 0.1) is 11.8 Å². The second-order valence-corrected chi connectivity index (χ2v) is 13.3. The Morgan fingerprint density at radius 2 is 1.90 bits per heavy atom. The SMILES string of the molecule is CCC(C)[C@H](NCC(=O)OCc1ccccc1)C(=O)NC1CCc2[nH]c3c(Cl)cc(Cl)cc3c2C1N(C=O)[C@H](c1nnco1)C(C)CC. The molecule has 0 radical (unpaired) electrons. The molecule has 0 bridgehead atoms. The zero-order valence-electron chi connectivity index (χ0n) is 27.5. The number of amides is 2. The number of aromatic amines is 1. The van der Waals surface area contributed by atoms with Gasteiger partial charge in [-0.05, 0) is 42.4 Å². The number of rotatable bonds is 15. The predicted octanol–water partition coefficient (Wildman–Crippen LogP) is 6.32. The van der Waals surface area contributed by atoms with Gasteiger partial charge < -0.3 is 24.4 Å². The molecule has 1 aliphatic carbocycles. The Morgan fingerprint density at radius 3 is 2.56 bits per heavy atom. The summed E-state index contributed by atoms with van der Waals surface area (Å²) < 4.78 is 11.1. The minimum Gasteiger partial charge on any atom is -0.460 e. The molecular weight excluding hydrogens is 655 g/mol. The van der Waals surface area contributed by atoms with Crippen molar-refractivity contribution in [3.8, 4) is 0 Å². The number of ether oxygens (including phenoxy) is 1. The Kier molecular flexibility index (Phi) is 11.8. The van der Waals surface area contributed by atoms with Gasteiger partial charge in [-0.15, -0.1) is 10.2 Å². The van der Waals surface area contributed by atoms with Gasteiger partial charge in [0.2, 0.25) is 24.6 Å². The fraction of sp³-hybridized carbons (Fsp3) is 0.457. The Balaban J connectivity index is 1.46. The standard InChI is InChI=1S/C35H42Cl2N6O5/c1-5-20(3)30(38-16-28(45)47-17-22-10-8-7-9-11-22)34(46)41-27-13-12-26-29(24-14-23(36)15-25(37)31(24)40-26)33(27)43(19-44)32(21(4)6-2)35-42-39-18-48-35/h7-11,14-15,18-21,27,30,32-33,38,40H,5-6,12-13,16-17H2,1-4H3,(H,41,46)/t20?,21?,27?,30-,32-,33?/m0/s1. The Labute approximate surface area is 290 Å². The highest BCUT2D eigenvalue weighted by atomic mass is 35.5. The zero-order chi connectivity index (χ0) is 34.4. The van der Waals surface area contributed by atoms with Crippen LogP contribution in [0.4, 0.5) is 0 Å². The second-order valence-electron chi connectivity index (χ2n) is 12.5. The summed E-state index contributed by atoms with van der Waals surface area (Å²) in [5.41, 5.74) is 3.31. The maximum absolute atomic E-state index is 14.1. The number of esters is 1. The van der Waals surface area contributed by atoms with E-state index in [1.165, 1.54) is 6.39 Å². The Hall–Kier alpha value is -3.93. The summed E-state index contributed by atoms with van der Waals surface area (Å²) in [7, 11) is 0. The number of nitrogens with zero attached hydrogens (tertiary/aromatic N) is 3. The van der Waals surface area contributed by atoms with Crippen LogP contribution in [-0.4, -0.2) is 57.0 Å². The van der Waals surface area contributed by atoms with Crippen LogP contribution >= 0.6 is 23.2 Å². The maximum atomic E-state index is 14.1. The minimum atomic E-state index is -0.695. The van der Waals surface area contributed by atoms with E-state index in [4.69, 9.17) is 32.4 Å². The summed E-state index contributed by atoms with van der Waals surface area (Å²) in [6.07, 6.45) is 4.56.